The normalized spacial score (nSPS) is 13.7. The summed E-state index contributed by atoms with van der Waals surface area (Å²) in [5.74, 6) is -0.00363. The summed E-state index contributed by atoms with van der Waals surface area (Å²) in [4.78, 5) is 42.2. The zero-order valence-corrected chi connectivity index (χ0v) is 28.5. The maximum Gasteiger partial charge on any atom is 0.319 e. The molecule has 12 heteroatoms. The molecule has 10 nitrogen and oxygen atoms in total. The quantitative estimate of drug-likeness (QED) is 0.0816. The largest absolute Gasteiger partial charge is 0.506 e. The lowest BCUT2D eigenvalue weighted by molar-refractivity contribution is -0.116. The average molecular weight is 699 g/mol. The fourth-order valence-corrected chi connectivity index (χ4v) is 7.18. The van der Waals surface area contributed by atoms with Gasteiger partial charge in [-0.15, -0.1) is 0 Å². The summed E-state index contributed by atoms with van der Waals surface area (Å²) in [6, 6.07) is 26.5. The highest BCUT2D eigenvalue weighted by Gasteiger charge is 2.22. The summed E-state index contributed by atoms with van der Waals surface area (Å²) < 4.78 is 0.764. The van der Waals surface area contributed by atoms with Gasteiger partial charge in [-0.2, -0.15) is 0 Å². The number of carbonyl (C=O) groups is 2. The van der Waals surface area contributed by atoms with Gasteiger partial charge in [-0.3, -0.25) is 9.59 Å². The summed E-state index contributed by atoms with van der Waals surface area (Å²) in [6.07, 6.45) is 2.65. The van der Waals surface area contributed by atoms with Gasteiger partial charge in [0.1, 0.15) is 11.3 Å². The third-order valence-electron chi connectivity index (χ3n) is 8.69. The SMILES string of the molecule is O=C(CCN1CCC(NC(=O)Nc2ccccc2-c2ccccc2)CC1)Nc1ccc(Cl)c(CNCCc2ccc(O)c3[nH]c(=O)sc23)c1. The first-order valence-electron chi connectivity index (χ1n) is 16.4. The molecule has 0 unspecified atom stereocenters. The topological polar surface area (TPSA) is 139 Å². The molecule has 1 saturated heterocycles. The molecule has 254 valence electrons. The standard InChI is InChI=1S/C37H39ClN6O4S/c38-30-12-11-28(22-26(30)23-39-18-14-25-10-13-32(45)34-35(25)49-37(48)43-34)40-33(46)17-21-44-19-15-27(16-20-44)41-36(47)42-31-9-5-4-8-29(31)24-6-2-1-3-7-24/h1-13,22,27,39,45H,14-21,23H2,(H,40,46)(H,43,48)(H2,41,42,47). The molecule has 1 fully saturated rings. The van der Waals surface area contributed by atoms with Crippen LogP contribution in [0.2, 0.25) is 5.02 Å². The van der Waals surface area contributed by atoms with E-state index in [1.54, 1.807) is 18.2 Å². The van der Waals surface area contributed by atoms with E-state index in [1.165, 1.54) is 0 Å². The molecule has 6 rings (SSSR count). The number of aromatic hydroxyl groups is 1. The maximum atomic E-state index is 12.8. The molecule has 49 heavy (non-hydrogen) atoms. The molecule has 1 aliphatic rings. The van der Waals surface area contributed by atoms with Crippen LogP contribution in [-0.4, -0.2) is 59.1 Å². The smallest absolute Gasteiger partial charge is 0.319 e. The number of aromatic amines is 1. The number of para-hydroxylation sites is 1. The zero-order valence-electron chi connectivity index (χ0n) is 26.9. The van der Waals surface area contributed by atoms with E-state index in [9.17, 15) is 19.5 Å². The van der Waals surface area contributed by atoms with Gasteiger partial charge in [0, 0.05) is 54.9 Å². The Morgan fingerprint density at radius 3 is 2.53 bits per heavy atom. The van der Waals surface area contributed by atoms with Crippen LogP contribution < -0.4 is 26.1 Å². The number of H-pyrrole nitrogens is 1. The van der Waals surface area contributed by atoms with E-state index in [2.05, 4.69) is 31.2 Å². The number of phenols is 1. The summed E-state index contributed by atoms with van der Waals surface area (Å²) in [5, 5.41) is 23.1. The van der Waals surface area contributed by atoms with Gasteiger partial charge in [0.05, 0.1) is 10.4 Å². The summed E-state index contributed by atoms with van der Waals surface area (Å²) in [5.41, 5.74) is 5.78. The number of nitrogens with zero attached hydrogens (tertiary/aromatic N) is 1. The lowest BCUT2D eigenvalue weighted by Gasteiger charge is -2.32. The van der Waals surface area contributed by atoms with E-state index in [-0.39, 0.29) is 28.6 Å². The second-order valence-electron chi connectivity index (χ2n) is 12.1. The number of rotatable bonds is 12. The van der Waals surface area contributed by atoms with Crippen LogP contribution in [0.15, 0.2) is 89.7 Å². The summed E-state index contributed by atoms with van der Waals surface area (Å²) in [6.45, 7) is 3.38. The lowest BCUT2D eigenvalue weighted by Crippen LogP contribution is -2.46. The lowest BCUT2D eigenvalue weighted by atomic mass is 10.0. The van der Waals surface area contributed by atoms with Gasteiger partial charge in [-0.05, 0) is 72.8 Å². The van der Waals surface area contributed by atoms with E-state index in [4.69, 9.17) is 11.6 Å². The minimum absolute atomic E-state index is 0.0660. The highest BCUT2D eigenvalue weighted by Crippen LogP contribution is 2.29. The van der Waals surface area contributed by atoms with Crippen LogP contribution in [-0.2, 0) is 17.8 Å². The molecule has 6 N–H and O–H groups in total. The van der Waals surface area contributed by atoms with Crippen LogP contribution in [0.4, 0.5) is 16.2 Å². The van der Waals surface area contributed by atoms with Gasteiger partial charge in [0.2, 0.25) is 5.91 Å². The van der Waals surface area contributed by atoms with Crippen molar-refractivity contribution in [1.29, 1.82) is 0 Å². The van der Waals surface area contributed by atoms with Crippen molar-refractivity contribution >= 4 is 56.5 Å². The monoisotopic (exact) mass is 698 g/mol. The fourth-order valence-electron chi connectivity index (χ4n) is 6.09. The molecule has 0 saturated carbocycles. The number of aromatic nitrogens is 1. The van der Waals surface area contributed by atoms with Crippen molar-refractivity contribution in [2.24, 2.45) is 0 Å². The number of benzene rings is 4. The van der Waals surface area contributed by atoms with Crippen LogP contribution in [0, 0.1) is 0 Å². The summed E-state index contributed by atoms with van der Waals surface area (Å²) >= 11 is 7.54. The highest BCUT2D eigenvalue weighted by molar-refractivity contribution is 7.16. The van der Waals surface area contributed by atoms with Crippen molar-refractivity contribution in [3.63, 3.8) is 0 Å². The van der Waals surface area contributed by atoms with E-state index in [1.807, 2.05) is 66.7 Å². The van der Waals surface area contributed by atoms with Gasteiger partial charge >= 0.3 is 10.9 Å². The van der Waals surface area contributed by atoms with Gasteiger partial charge < -0.3 is 36.3 Å². The Kier molecular flexibility index (Phi) is 11.3. The number of hydrogen-bond acceptors (Lipinski definition) is 7. The molecule has 0 bridgehead atoms. The van der Waals surface area contributed by atoms with Crippen LogP contribution in [0.25, 0.3) is 21.3 Å². The van der Waals surface area contributed by atoms with Crippen molar-refractivity contribution < 1.29 is 14.7 Å². The third kappa shape index (κ3) is 9.07. The van der Waals surface area contributed by atoms with Crippen LogP contribution in [0.1, 0.15) is 30.4 Å². The van der Waals surface area contributed by atoms with Crippen LogP contribution in [0.5, 0.6) is 5.75 Å². The van der Waals surface area contributed by atoms with Crippen LogP contribution >= 0.6 is 22.9 Å². The minimum atomic E-state index is -0.214. The first-order valence-corrected chi connectivity index (χ1v) is 17.6. The number of likely N-dealkylation sites (tertiary alicyclic amines) is 1. The molecule has 0 atom stereocenters. The van der Waals surface area contributed by atoms with Crippen LogP contribution in [0.3, 0.4) is 0 Å². The van der Waals surface area contributed by atoms with Crippen molar-refractivity contribution in [3.05, 3.63) is 111 Å². The molecule has 2 heterocycles. The second-order valence-corrected chi connectivity index (χ2v) is 13.5. The molecule has 0 radical (unpaired) electrons. The molecular weight excluding hydrogens is 660 g/mol. The van der Waals surface area contributed by atoms with Gasteiger partial charge in [0.25, 0.3) is 0 Å². The molecule has 1 aliphatic heterocycles. The molecule has 1 aromatic heterocycles. The number of anilines is 2. The number of thiazole rings is 1. The third-order valence-corrected chi connectivity index (χ3v) is 10.0. The Balaban J connectivity index is 0.909. The van der Waals surface area contributed by atoms with Gasteiger partial charge in [-0.1, -0.05) is 77.5 Å². The number of fused-ring (bicyclic) bond motifs is 1. The highest BCUT2D eigenvalue weighted by atomic mass is 35.5. The van der Waals surface area contributed by atoms with Crippen molar-refractivity contribution in [1.82, 2.24) is 20.5 Å². The maximum absolute atomic E-state index is 12.8. The number of amides is 3. The minimum Gasteiger partial charge on any atom is -0.506 e. The predicted molar refractivity (Wildman–Crippen MR) is 198 cm³/mol. The van der Waals surface area contributed by atoms with Crippen molar-refractivity contribution in [2.45, 2.75) is 38.3 Å². The molecule has 0 aliphatic carbocycles. The van der Waals surface area contributed by atoms with E-state index < -0.39 is 0 Å². The van der Waals surface area contributed by atoms with Gasteiger partial charge in [0.15, 0.2) is 0 Å². The first-order chi connectivity index (χ1) is 23.8. The molecule has 5 aromatic rings. The Bertz CT molecular complexity index is 1970. The average Bonchev–Trinajstić information content (AvgIpc) is 3.51. The Morgan fingerprint density at radius 2 is 1.71 bits per heavy atom. The molecule has 3 amide bonds. The number of nitrogens with one attached hydrogen (secondary N) is 5. The number of carbonyl (C=O) groups excluding carboxylic acids is 2. The Hall–Kier alpha value is -4.68. The molecule has 4 aromatic carbocycles. The number of piperidine rings is 1. The van der Waals surface area contributed by atoms with E-state index >= 15 is 0 Å². The number of halogens is 1. The van der Waals surface area contributed by atoms with E-state index in [0.717, 1.165) is 69.9 Å². The fraction of sp³-hybridized carbons (Fsp3) is 0.270. The Morgan fingerprint density at radius 1 is 0.939 bits per heavy atom. The Labute approximate surface area is 293 Å². The van der Waals surface area contributed by atoms with Gasteiger partial charge in [-0.25, -0.2) is 4.79 Å². The number of urea groups is 1. The number of hydrogen-bond donors (Lipinski definition) is 6. The van der Waals surface area contributed by atoms with Crippen molar-refractivity contribution in [2.75, 3.05) is 36.8 Å². The summed E-state index contributed by atoms with van der Waals surface area (Å²) in [7, 11) is 0. The number of phenolic OH excluding ortho intramolecular Hbond substituents is 1. The van der Waals surface area contributed by atoms with E-state index in [0.29, 0.717) is 48.7 Å². The zero-order chi connectivity index (χ0) is 34.2. The predicted octanol–water partition coefficient (Wildman–Crippen LogP) is 6.56. The molecule has 0 spiro atoms. The second kappa shape index (κ2) is 16.1. The molecular formula is C37H39ClN6O4S. The van der Waals surface area contributed by atoms with Crippen molar-refractivity contribution in [3.8, 4) is 16.9 Å². The first kappa shape index (κ1) is 34.2.